The van der Waals surface area contributed by atoms with Crippen LogP contribution < -0.4 is 5.73 Å². The average molecular weight is 257 g/mol. The number of anilines is 1. The summed E-state index contributed by atoms with van der Waals surface area (Å²) >= 11 is 7.31. The molecule has 0 unspecified atom stereocenters. The van der Waals surface area contributed by atoms with Gasteiger partial charge >= 0.3 is 0 Å². The topological polar surface area (TPSA) is 38.9 Å². The Bertz CT molecular complexity index is 478. The van der Waals surface area contributed by atoms with E-state index in [1.165, 1.54) is 17.4 Å². The Labute approximate surface area is 102 Å². The highest BCUT2D eigenvalue weighted by Gasteiger charge is 2.08. The molecule has 0 amide bonds. The molecule has 0 aliphatic carbocycles. The van der Waals surface area contributed by atoms with Crippen LogP contribution in [0.5, 0.6) is 0 Å². The third-order valence-electron chi connectivity index (χ3n) is 2.26. The van der Waals surface area contributed by atoms with Crippen LogP contribution in [0.2, 0.25) is 5.02 Å². The smallest absolute Gasteiger partial charge is 0.180 e. The molecule has 2 rings (SSSR count). The van der Waals surface area contributed by atoms with Crippen LogP contribution in [0.3, 0.4) is 0 Å². The first-order chi connectivity index (χ1) is 7.66. The predicted molar refractivity (Wildman–Crippen MR) is 65.3 cm³/mol. The fourth-order valence-electron chi connectivity index (χ4n) is 1.46. The second-order valence-corrected chi connectivity index (χ2v) is 4.67. The Morgan fingerprint density at radius 2 is 2.19 bits per heavy atom. The van der Waals surface area contributed by atoms with Gasteiger partial charge in [-0.1, -0.05) is 17.7 Å². The number of nitrogens with zero attached hydrogens (tertiary/aromatic N) is 1. The quantitative estimate of drug-likeness (QED) is 0.915. The second-order valence-electron chi connectivity index (χ2n) is 3.38. The fraction of sp³-hybridized carbons (Fsp3) is 0.182. The van der Waals surface area contributed by atoms with Crippen LogP contribution in [-0.2, 0) is 12.8 Å². The minimum atomic E-state index is -0.268. The Morgan fingerprint density at radius 3 is 2.81 bits per heavy atom. The van der Waals surface area contributed by atoms with Crippen molar-refractivity contribution in [2.24, 2.45) is 0 Å². The zero-order chi connectivity index (χ0) is 11.5. The summed E-state index contributed by atoms with van der Waals surface area (Å²) in [6.07, 6.45) is 1.18. The lowest BCUT2D eigenvalue weighted by molar-refractivity contribution is 0.608. The summed E-state index contributed by atoms with van der Waals surface area (Å²) in [6, 6.07) is 4.70. The molecule has 0 saturated carbocycles. The third-order valence-corrected chi connectivity index (χ3v) is 3.34. The van der Waals surface area contributed by atoms with Crippen molar-refractivity contribution in [2.75, 3.05) is 5.73 Å². The Kier molecular flexibility index (Phi) is 3.41. The number of aryl methyl sites for hydroxylation is 1. The number of rotatable bonds is 3. The third kappa shape index (κ3) is 2.51. The minimum Gasteiger partial charge on any atom is -0.375 e. The molecule has 1 aromatic carbocycles. The van der Waals surface area contributed by atoms with Crippen LogP contribution in [0, 0.1) is 5.82 Å². The molecule has 1 aromatic heterocycles. The first-order valence-electron chi connectivity index (χ1n) is 4.79. The van der Waals surface area contributed by atoms with Gasteiger partial charge in [0.25, 0.3) is 0 Å². The van der Waals surface area contributed by atoms with Gasteiger partial charge in [0.15, 0.2) is 5.13 Å². The van der Waals surface area contributed by atoms with Crippen LogP contribution in [0.25, 0.3) is 0 Å². The van der Waals surface area contributed by atoms with Crippen molar-refractivity contribution in [3.05, 3.63) is 45.7 Å². The largest absolute Gasteiger partial charge is 0.375 e. The van der Waals surface area contributed by atoms with E-state index in [0.29, 0.717) is 28.6 Å². The lowest BCUT2D eigenvalue weighted by atomic mass is 10.1. The van der Waals surface area contributed by atoms with Gasteiger partial charge in [-0.05, 0) is 25.0 Å². The van der Waals surface area contributed by atoms with Gasteiger partial charge in [0.05, 0.1) is 5.69 Å². The molecule has 1 heterocycles. The van der Waals surface area contributed by atoms with Gasteiger partial charge in [-0.2, -0.15) is 0 Å². The van der Waals surface area contributed by atoms with E-state index in [1.807, 2.05) is 5.38 Å². The summed E-state index contributed by atoms with van der Waals surface area (Å²) in [5.41, 5.74) is 6.93. The standard InChI is InChI=1S/C11H10ClFN2S/c12-9-2-1-3-10(13)8(9)5-4-7-6-16-11(14)15-7/h1-3,6H,4-5H2,(H2,14,15). The molecule has 5 heteroatoms. The molecule has 2 N–H and O–H groups in total. The van der Waals surface area contributed by atoms with Gasteiger partial charge in [-0.3, -0.25) is 0 Å². The summed E-state index contributed by atoms with van der Waals surface area (Å²) in [4.78, 5) is 4.12. The molecule has 84 valence electrons. The zero-order valence-corrected chi connectivity index (χ0v) is 9.98. The molecule has 0 spiro atoms. The molecule has 0 fully saturated rings. The number of aromatic nitrogens is 1. The van der Waals surface area contributed by atoms with E-state index in [4.69, 9.17) is 17.3 Å². The number of hydrogen-bond acceptors (Lipinski definition) is 3. The van der Waals surface area contributed by atoms with Crippen molar-refractivity contribution >= 4 is 28.1 Å². The molecule has 2 nitrogen and oxygen atoms in total. The van der Waals surface area contributed by atoms with Crippen molar-refractivity contribution in [3.8, 4) is 0 Å². The molecule has 16 heavy (non-hydrogen) atoms. The molecule has 0 aliphatic rings. The fourth-order valence-corrected chi connectivity index (χ4v) is 2.32. The molecule has 0 atom stereocenters. The van der Waals surface area contributed by atoms with Crippen LogP contribution in [0.1, 0.15) is 11.3 Å². The van der Waals surface area contributed by atoms with Crippen molar-refractivity contribution in [1.82, 2.24) is 4.98 Å². The highest BCUT2D eigenvalue weighted by Crippen LogP contribution is 2.21. The van der Waals surface area contributed by atoms with E-state index in [-0.39, 0.29) is 5.82 Å². The molecule has 0 saturated heterocycles. The highest BCUT2D eigenvalue weighted by molar-refractivity contribution is 7.13. The van der Waals surface area contributed by atoms with Crippen molar-refractivity contribution in [2.45, 2.75) is 12.8 Å². The Hall–Kier alpha value is -1.13. The summed E-state index contributed by atoms with van der Waals surface area (Å²) in [7, 11) is 0. The van der Waals surface area contributed by atoms with E-state index < -0.39 is 0 Å². The van der Waals surface area contributed by atoms with Crippen molar-refractivity contribution < 1.29 is 4.39 Å². The maximum atomic E-state index is 13.4. The summed E-state index contributed by atoms with van der Waals surface area (Å²) in [5, 5.41) is 2.88. The first kappa shape index (κ1) is 11.4. The average Bonchev–Trinajstić information content (AvgIpc) is 2.63. The highest BCUT2D eigenvalue weighted by atomic mass is 35.5. The van der Waals surface area contributed by atoms with Crippen LogP contribution >= 0.6 is 22.9 Å². The van der Waals surface area contributed by atoms with Crippen LogP contribution in [0.4, 0.5) is 9.52 Å². The SMILES string of the molecule is Nc1nc(CCc2c(F)cccc2Cl)cs1. The first-order valence-corrected chi connectivity index (χ1v) is 6.05. The van der Waals surface area contributed by atoms with Crippen molar-refractivity contribution in [3.63, 3.8) is 0 Å². The molecular formula is C11H10ClFN2S. The van der Waals surface area contributed by atoms with E-state index in [0.717, 1.165) is 5.69 Å². The van der Waals surface area contributed by atoms with E-state index >= 15 is 0 Å². The number of halogens is 2. The maximum Gasteiger partial charge on any atom is 0.180 e. The lowest BCUT2D eigenvalue weighted by Gasteiger charge is -2.03. The number of nitrogen functional groups attached to an aromatic ring is 1. The van der Waals surface area contributed by atoms with Gasteiger partial charge in [0.2, 0.25) is 0 Å². The van der Waals surface area contributed by atoms with Gasteiger partial charge in [-0.25, -0.2) is 9.37 Å². The van der Waals surface area contributed by atoms with E-state index in [2.05, 4.69) is 4.98 Å². The van der Waals surface area contributed by atoms with Gasteiger partial charge < -0.3 is 5.73 Å². The predicted octanol–water partition coefficient (Wildman–Crippen LogP) is 3.30. The normalized spacial score (nSPS) is 10.6. The molecular weight excluding hydrogens is 247 g/mol. The number of benzene rings is 1. The van der Waals surface area contributed by atoms with Crippen LogP contribution in [0.15, 0.2) is 23.6 Å². The zero-order valence-electron chi connectivity index (χ0n) is 8.41. The number of nitrogens with two attached hydrogens (primary N) is 1. The number of thiazole rings is 1. The van der Waals surface area contributed by atoms with Gasteiger partial charge in [0.1, 0.15) is 5.82 Å². The monoisotopic (exact) mass is 256 g/mol. The molecule has 2 aromatic rings. The Morgan fingerprint density at radius 1 is 1.38 bits per heavy atom. The van der Waals surface area contributed by atoms with E-state index in [1.54, 1.807) is 12.1 Å². The van der Waals surface area contributed by atoms with E-state index in [9.17, 15) is 4.39 Å². The van der Waals surface area contributed by atoms with Crippen molar-refractivity contribution in [1.29, 1.82) is 0 Å². The summed E-state index contributed by atoms with van der Waals surface area (Å²) in [6.45, 7) is 0. The lowest BCUT2D eigenvalue weighted by Crippen LogP contribution is -1.96. The minimum absolute atomic E-state index is 0.268. The Balaban J connectivity index is 2.10. The van der Waals surface area contributed by atoms with Gasteiger partial charge in [0, 0.05) is 16.0 Å². The number of hydrogen-bond donors (Lipinski definition) is 1. The molecule has 0 aliphatic heterocycles. The second kappa shape index (κ2) is 4.80. The maximum absolute atomic E-state index is 13.4. The molecule has 0 radical (unpaired) electrons. The summed E-state index contributed by atoms with van der Waals surface area (Å²) < 4.78 is 13.4. The van der Waals surface area contributed by atoms with Crippen LogP contribution in [-0.4, -0.2) is 4.98 Å². The summed E-state index contributed by atoms with van der Waals surface area (Å²) in [5.74, 6) is -0.268. The molecule has 0 bridgehead atoms. The van der Waals surface area contributed by atoms with Gasteiger partial charge in [-0.15, -0.1) is 11.3 Å².